The van der Waals surface area contributed by atoms with E-state index in [1.54, 1.807) is 12.3 Å². The molecule has 0 aliphatic carbocycles. The highest BCUT2D eigenvalue weighted by Gasteiger charge is 2.40. The molecule has 0 bridgehead atoms. The normalized spacial score (nSPS) is 26.3. The van der Waals surface area contributed by atoms with Crippen molar-refractivity contribution in [2.75, 3.05) is 0 Å². The van der Waals surface area contributed by atoms with Crippen LogP contribution in [0.5, 0.6) is 0 Å². The molecule has 1 unspecified atom stereocenters. The summed E-state index contributed by atoms with van der Waals surface area (Å²) >= 11 is 0. The van der Waals surface area contributed by atoms with E-state index in [-0.39, 0.29) is 5.96 Å². The molecule has 0 spiro atoms. The summed E-state index contributed by atoms with van der Waals surface area (Å²) in [5, 5.41) is 0. The highest BCUT2D eigenvalue weighted by Crippen LogP contribution is 2.21. The first-order valence-electron chi connectivity index (χ1n) is 5.04. The van der Waals surface area contributed by atoms with E-state index in [1.807, 2.05) is 6.07 Å². The van der Waals surface area contributed by atoms with E-state index in [4.69, 9.17) is 15.9 Å². The van der Waals surface area contributed by atoms with E-state index in [9.17, 15) is 0 Å². The van der Waals surface area contributed by atoms with E-state index in [2.05, 4.69) is 20.0 Å². The fourth-order valence-electron chi connectivity index (χ4n) is 1.84. The van der Waals surface area contributed by atoms with Crippen LogP contribution in [0.1, 0.15) is 5.76 Å². The second-order valence-electron chi connectivity index (χ2n) is 3.81. The van der Waals surface area contributed by atoms with Crippen LogP contribution in [0.15, 0.2) is 42.8 Å². The van der Waals surface area contributed by atoms with E-state index in [0.717, 1.165) is 0 Å². The first-order chi connectivity index (χ1) is 8.17. The number of rotatable bonds is 2. The first kappa shape index (κ1) is 9.91. The largest absolute Gasteiger partial charge is 0.469 e. The fourth-order valence-corrected chi connectivity index (χ4v) is 1.84. The van der Waals surface area contributed by atoms with Crippen molar-refractivity contribution in [1.29, 1.82) is 0 Å². The van der Waals surface area contributed by atoms with Gasteiger partial charge in [0.15, 0.2) is 11.5 Å². The smallest absolute Gasteiger partial charge is 0.219 e. The average Bonchev–Trinajstić information content (AvgIpc) is 2.87. The van der Waals surface area contributed by atoms with Gasteiger partial charge in [-0.05, 0) is 12.1 Å². The summed E-state index contributed by atoms with van der Waals surface area (Å²) in [6.07, 6.45) is 3.34. The van der Waals surface area contributed by atoms with Gasteiger partial charge in [0.1, 0.15) is 17.8 Å². The van der Waals surface area contributed by atoms with Gasteiger partial charge in [-0.1, -0.05) is 0 Å². The highest BCUT2D eigenvalue weighted by atomic mass is 16.3. The Kier molecular flexibility index (Phi) is 1.96. The molecule has 0 radical (unpaired) electrons. The zero-order chi connectivity index (χ0) is 11.9. The molecule has 0 fully saturated rings. The fraction of sp³-hybridized carbons (Fsp3) is 0.200. The Balaban J connectivity index is 1.99. The summed E-state index contributed by atoms with van der Waals surface area (Å²) in [7, 11) is 0. The summed E-state index contributed by atoms with van der Waals surface area (Å²) in [5.41, 5.74) is 11.3. The Hall–Kier alpha value is -2.28. The number of guanidine groups is 1. The van der Waals surface area contributed by atoms with Gasteiger partial charge in [-0.2, -0.15) is 4.99 Å². The van der Waals surface area contributed by atoms with Gasteiger partial charge in [0.05, 0.1) is 12.7 Å². The van der Waals surface area contributed by atoms with Gasteiger partial charge in [-0.25, -0.2) is 15.0 Å². The van der Waals surface area contributed by atoms with Gasteiger partial charge < -0.3 is 15.9 Å². The number of nitrogens with zero attached hydrogens (tertiary/aromatic N) is 4. The second kappa shape index (κ2) is 3.36. The van der Waals surface area contributed by atoms with Crippen molar-refractivity contribution in [3.05, 3.63) is 24.2 Å². The van der Waals surface area contributed by atoms with Crippen molar-refractivity contribution >= 4 is 23.8 Å². The standard InChI is InChI=1S/C10H10N6O/c11-9-15-8-7(13-5-14-8)10(12,16-9)4-6-2-1-3-17-6/h1-3,5H,4,12H2,(H2,11,16). The third kappa shape index (κ3) is 1.56. The van der Waals surface area contributed by atoms with Crippen LogP contribution in [0.3, 0.4) is 0 Å². The Morgan fingerprint density at radius 3 is 3.06 bits per heavy atom. The van der Waals surface area contributed by atoms with Gasteiger partial charge in [-0.3, -0.25) is 0 Å². The molecule has 0 saturated carbocycles. The topological polar surface area (TPSA) is 115 Å². The van der Waals surface area contributed by atoms with Crippen molar-refractivity contribution in [1.82, 2.24) is 0 Å². The molecule has 17 heavy (non-hydrogen) atoms. The second-order valence-corrected chi connectivity index (χ2v) is 3.81. The zero-order valence-corrected chi connectivity index (χ0v) is 8.87. The number of aliphatic imine (C=N–C) groups is 4. The summed E-state index contributed by atoms with van der Waals surface area (Å²) in [5.74, 6) is 1.23. The van der Waals surface area contributed by atoms with Gasteiger partial charge in [0, 0.05) is 0 Å². The Morgan fingerprint density at radius 1 is 1.41 bits per heavy atom. The molecule has 7 heteroatoms. The monoisotopic (exact) mass is 230 g/mol. The lowest BCUT2D eigenvalue weighted by Crippen LogP contribution is -2.53. The minimum absolute atomic E-state index is 0.104. The van der Waals surface area contributed by atoms with E-state index < -0.39 is 5.66 Å². The lowest BCUT2D eigenvalue weighted by Gasteiger charge is -2.26. The van der Waals surface area contributed by atoms with Crippen molar-refractivity contribution in [2.24, 2.45) is 31.4 Å². The maximum atomic E-state index is 6.21. The van der Waals surface area contributed by atoms with Crippen LogP contribution in [0.2, 0.25) is 0 Å². The molecule has 0 saturated heterocycles. The van der Waals surface area contributed by atoms with Gasteiger partial charge in [0.2, 0.25) is 5.96 Å². The molecule has 3 rings (SSSR count). The minimum Gasteiger partial charge on any atom is -0.469 e. The molecule has 4 N–H and O–H groups in total. The molecule has 2 aliphatic heterocycles. The molecule has 1 aromatic heterocycles. The Morgan fingerprint density at radius 2 is 2.29 bits per heavy atom. The van der Waals surface area contributed by atoms with Crippen molar-refractivity contribution in [3.8, 4) is 0 Å². The van der Waals surface area contributed by atoms with Crippen molar-refractivity contribution < 1.29 is 4.42 Å². The molecule has 2 aliphatic rings. The molecule has 3 heterocycles. The van der Waals surface area contributed by atoms with Crippen LogP contribution in [-0.2, 0) is 6.42 Å². The van der Waals surface area contributed by atoms with Gasteiger partial charge in [0.25, 0.3) is 0 Å². The van der Waals surface area contributed by atoms with Crippen LogP contribution in [0, 0.1) is 0 Å². The summed E-state index contributed by atoms with van der Waals surface area (Å²) in [4.78, 5) is 16.2. The molecular formula is C10H10N6O. The number of hydrogen-bond donors (Lipinski definition) is 2. The molecule has 86 valence electrons. The molecule has 1 atom stereocenters. The van der Waals surface area contributed by atoms with Crippen LogP contribution in [0.25, 0.3) is 0 Å². The van der Waals surface area contributed by atoms with E-state index in [0.29, 0.717) is 23.7 Å². The molecular weight excluding hydrogens is 220 g/mol. The quantitative estimate of drug-likeness (QED) is 0.725. The molecule has 0 amide bonds. The van der Waals surface area contributed by atoms with Crippen LogP contribution >= 0.6 is 0 Å². The predicted octanol–water partition coefficient (Wildman–Crippen LogP) is -0.313. The molecule has 1 aromatic rings. The number of nitrogens with two attached hydrogens (primary N) is 2. The number of amidine groups is 1. The molecule has 0 aromatic carbocycles. The van der Waals surface area contributed by atoms with Crippen LogP contribution in [-0.4, -0.2) is 29.5 Å². The minimum atomic E-state index is -1.06. The number of hydrogen-bond acceptors (Lipinski definition) is 7. The molecule has 7 nitrogen and oxygen atoms in total. The van der Waals surface area contributed by atoms with Crippen LogP contribution in [0.4, 0.5) is 0 Å². The summed E-state index contributed by atoms with van der Waals surface area (Å²) in [6.45, 7) is 0. The first-order valence-corrected chi connectivity index (χ1v) is 5.04. The zero-order valence-electron chi connectivity index (χ0n) is 8.87. The van der Waals surface area contributed by atoms with Gasteiger partial charge in [-0.15, -0.1) is 0 Å². The Labute approximate surface area is 96.7 Å². The lowest BCUT2D eigenvalue weighted by molar-refractivity contribution is 0.462. The third-order valence-electron chi connectivity index (χ3n) is 2.55. The third-order valence-corrected chi connectivity index (χ3v) is 2.55. The Bertz CT molecular complexity index is 568. The van der Waals surface area contributed by atoms with E-state index >= 15 is 0 Å². The number of furan rings is 1. The van der Waals surface area contributed by atoms with E-state index in [1.165, 1.54) is 6.34 Å². The average molecular weight is 230 g/mol. The summed E-state index contributed by atoms with van der Waals surface area (Å²) < 4.78 is 5.26. The van der Waals surface area contributed by atoms with Crippen molar-refractivity contribution in [3.63, 3.8) is 0 Å². The SMILES string of the molecule is NC1=NC(N)(Cc2ccco2)C2=NC=NC2=N1. The summed E-state index contributed by atoms with van der Waals surface area (Å²) in [6, 6.07) is 3.61. The number of fused-ring (bicyclic) bond motifs is 1. The highest BCUT2D eigenvalue weighted by molar-refractivity contribution is 6.51. The maximum absolute atomic E-state index is 6.21. The predicted molar refractivity (Wildman–Crippen MR) is 64.3 cm³/mol. The lowest BCUT2D eigenvalue weighted by atomic mass is 9.98. The van der Waals surface area contributed by atoms with Crippen LogP contribution < -0.4 is 11.5 Å². The maximum Gasteiger partial charge on any atom is 0.219 e. The van der Waals surface area contributed by atoms with Crippen molar-refractivity contribution in [2.45, 2.75) is 12.1 Å². The van der Waals surface area contributed by atoms with Gasteiger partial charge >= 0.3 is 0 Å².